The lowest BCUT2D eigenvalue weighted by molar-refractivity contribution is -0.153. The summed E-state index contributed by atoms with van der Waals surface area (Å²) in [5.41, 5.74) is 6.48. The fourth-order valence-electron chi connectivity index (χ4n) is 1.72. The number of aliphatic hydroxyl groups is 1. The Bertz CT molecular complexity index is 406. The normalized spacial score (nSPS) is 16.2. The highest BCUT2D eigenvalue weighted by Gasteiger charge is 2.37. The second-order valence-electron chi connectivity index (χ2n) is 5.77. The van der Waals surface area contributed by atoms with Gasteiger partial charge in [0.05, 0.1) is 6.10 Å². The third-order valence-electron chi connectivity index (χ3n) is 3.06. The largest absolute Gasteiger partial charge is 0.403 e. The summed E-state index contributed by atoms with van der Waals surface area (Å²) in [4.78, 5) is 0. The van der Waals surface area contributed by atoms with E-state index in [1.165, 1.54) is 0 Å². The molecule has 1 aromatic carbocycles. The van der Waals surface area contributed by atoms with Gasteiger partial charge in [-0.25, -0.2) is 0 Å². The summed E-state index contributed by atoms with van der Waals surface area (Å²) in [5, 5.41) is 9.77. The van der Waals surface area contributed by atoms with E-state index in [9.17, 15) is 18.3 Å². The lowest BCUT2D eigenvalue weighted by atomic mass is 9.86. The second-order valence-corrected chi connectivity index (χ2v) is 5.77. The maximum atomic E-state index is 12.3. The molecule has 0 unspecified atom stereocenters. The quantitative estimate of drug-likeness (QED) is 0.889. The number of hydrogen-bond donors (Lipinski definition) is 2. The Morgan fingerprint density at radius 3 is 1.95 bits per heavy atom. The lowest BCUT2D eigenvalue weighted by Gasteiger charge is -2.21. The lowest BCUT2D eigenvalue weighted by Crippen LogP contribution is -2.38. The smallest absolute Gasteiger partial charge is 0.388 e. The number of rotatable bonds is 3. The van der Waals surface area contributed by atoms with Crippen LogP contribution in [0.25, 0.3) is 0 Å². The first-order chi connectivity index (χ1) is 8.51. The van der Waals surface area contributed by atoms with Gasteiger partial charge in [-0.3, -0.25) is 0 Å². The molecule has 0 saturated carbocycles. The average molecular weight is 275 g/mol. The van der Waals surface area contributed by atoms with Gasteiger partial charge >= 0.3 is 6.18 Å². The zero-order chi connectivity index (χ0) is 14.8. The predicted octanol–water partition coefficient (Wildman–Crippen LogP) is 3.30. The van der Waals surface area contributed by atoms with Crippen LogP contribution in [0.15, 0.2) is 24.3 Å². The van der Waals surface area contributed by atoms with Crippen LogP contribution in [0.1, 0.15) is 44.4 Å². The van der Waals surface area contributed by atoms with E-state index >= 15 is 0 Å². The van der Waals surface area contributed by atoms with Crippen LogP contribution in [0.2, 0.25) is 0 Å². The van der Waals surface area contributed by atoms with Crippen molar-refractivity contribution in [2.24, 2.45) is 5.73 Å². The Labute approximate surface area is 111 Å². The third-order valence-corrected chi connectivity index (χ3v) is 3.06. The molecule has 5 heteroatoms. The van der Waals surface area contributed by atoms with Gasteiger partial charge < -0.3 is 10.8 Å². The van der Waals surface area contributed by atoms with Crippen molar-refractivity contribution in [3.8, 4) is 0 Å². The van der Waals surface area contributed by atoms with Crippen LogP contribution in [0.5, 0.6) is 0 Å². The van der Waals surface area contributed by atoms with Crippen LogP contribution in [0.4, 0.5) is 13.2 Å². The van der Waals surface area contributed by atoms with Gasteiger partial charge in [-0.15, -0.1) is 0 Å². The molecule has 2 nitrogen and oxygen atoms in total. The minimum Gasteiger partial charge on any atom is -0.388 e. The van der Waals surface area contributed by atoms with Gasteiger partial charge in [-0.2, -0.15) is 13.2 Å². The number of halogens is 3. The molecular formula is C14H20F3NO. The van der Waals surface area contributed by atoms with Crippen molar-refractivity contribution in [2.45, 2.75) is 50.9 Å². The van der Waals surface area contributed by atoms with Crippen molar-refractivity contribution in [1.82, 2.24) is 0 Å². The number of hydrogen-bond acceptors (Lipinski definition) is 2. The molecule has 0 spiro atoms. The third kappa shape index (κ3) is 4.51. The SMILES string of the molecule is CC(C)(C)c1ccc([C@H](O)C[C@@H](N)C(F)(F)F)cc1. The molecule has 0 heterocycles. The van der Waals surface area contributed by atoms with Gasteiger partial charge in [-0.05, 0) is 16.5 Å². The zero-order valence-corrected chi connectivity index (χ0v) is 11.3. The molecule has 3 N–H and O–H groups in total. The number of alkyl halides is 3. The highest BCUT2D eigenvalue weighted by molar-refractivity contribution is 5.28. The minimum atomic E-state index is -4.48. The Balaban J connectivity index is 2.76. The first kappa shape index (κ1) is 16.0. The molecule has 0 fully saturated rings. The Kier molecular flexibility index (Phi) is 4.63. The van der Waals surface area contributed by atoms with Crippen LogP contribution in [-0.4, -0.2) is 17.3 Å². The summed E-state index contributed by atoms with van der Waals surface area (Å²) < 4.78 is 36.9. The number of aliphatic hydroxyl groups excluding tert-OH is 1. The highest BCUT2D eigenvalue weighted by atomic mass is 19.4. The molecule has 1 rings (SSSR count). The maximum absolute atomic E-state index is 12.3. The van der Waals surface area contributed by atoms with Crippen molar-refractivity contribution >= 4 is 0 Å². The van der Waals surface area contributed by atoms with E-state index in [1.807, 2.05) is 32.9 Å². The number of nitrogens with two attached hydrogens (primary N) is 1. The molecular weight excluding hydrogens is 255 g/mol. The summed E-state index contributed by atoms with van der Waals surface area (Å²) in [5.74, 6) is 0. The molecule has 19 heavy (non-hydrogen) atoms. The molecule has 0 radical (unpaired) electrons. The molecule has 0 aromatic heterocycles. The first-order valence-corrected chi connectivity index (χ1v) is 6.12. The van der Waals surface area contributed by atoms with E-state index in [1.54, 1.807) is 12.1 Å². The van der Waals surface area contributed by atoms with E-state index in [0.29, 0.717) is 5.56 Å². The van der Waals surface area contributed by atoms with Crippen LogP contribution in [0, 0.1) is 0 Å². The molecule has 0 amide bonds. The van der Waals surface area contributed by atoms with Crippen molar-refractivity contribution in [2.75, 3.05) is 0 Å². The van der Waals surface area contributed by atoms with Gasteiger partial charge in [0, 0.05) is 6.42 Å². The Morgan fingerprint density at radius 2 is 1.58 bits per heavy atom. The zero-order valence-electron chi connectivity index (χ0n) is 11.3. The van der Waals surface area contributed by atoms with Gasteiger partial charge in [0.25, 0.3) is 0 Å². The summed E-state index contributed by atoms with van der Waals surface area (Å²) in [6.07, 6.45) is -6.21. The minimum absolute atomic E-state index is 0.0359. The topological polar surface area (TPSA) is 46.2 Å². The van der Waals surface area contributed by atoms with Crippen molar-refractivity contribution in [3.63, 3.8) is 0 Å². The molecule has 0 aliphatic carbocycles. The van der Waals surface area contributed by atoms with Gasteiger partial charge in [0.1, 0.15) is 6.04 Å². The van der Waals surface area contributed by atoms with Crippen molar-refractivity contribution in [3.05, 3.63) is 35.4 Å². The first-order valence-electron chi connectivity index (χ1n) is 6.12. The van der Waals surface area contributed by atoms with Crippen LogP contribution < -0.4 is 5.73 Å². The molecule has 0 aliphatic heterocycles. The summed E-state index contributed by atoms with van der Waals surface area (Å²) >= 11 is 0. The summed E-state index contributed by atoms with van der Waals surface area (Å²) in [6.45, 7) is 6.12. The van der Waals surface area contributed by atoms with E-state index in [-0.39, 0.29) is 5.41 Å². The average Bonchev–Trinajstić information content (AvgIpc) is 2.26. The fourth-order valence-corrected chi connectivity index (χ4v) is 1.72. The van der Waals surface area contributed by atoms with Crippen LogP contribution in [-0.2, 0) is 5.41 Å². The van der Waals surface area contributed by atoms with Gasteiger partial charge in [-0.1, -0.05) is 45.0 Å². The highest BCUT2D eigenvalue weighted by Crippen LogP contribution is 2.28. The molecule has 1 aromatic rings. The fraction of sp³-hybridized carbons (Fsp3) is 0.571. The monoisotopic (exact) mass is 275 g/mol. The molecule has 0 saturated heterocycles. The second kappa shape index (κ2) is 5.51. The van der Waals surface area contributed by atoms with E-state index in [4.69, 9.17) is 5.73 Å². The Morgan fingerprint density at radius 1 is 1.11 bits per heavy atom. The van der Waals surface area contributed by atoms with Crippen LogP contribution >= 0.6 is 0 Å². The molecule has 2 atom stereocenters. The van der Waals surface area contributed by atoms with Gasteiger partial charge in [0.2, 0.25) is 0 Å². The number of benzene rings is 1. The molecule has 0 bridgehead atoms. The Hall–Kier alpha value is -1.07. The predicted molar refractivity (Wildman–Crippen MR) is 68.7 cm³/mol. The summed E-state index contributed by atoms with van der Waals surface area (Å²) in [6, 6.07) is 4.92. The summed E-state index contributed by atoms with van der Waals surface area (Å²) in [7, 11) is 0. The van der Waals surface area contributed by atoms with Gasteiger partial charge in [0.15, 0.2) is 0 Å². The van der Waals surface area contributed by atoms with E-state index < -0.39 is 24.7 Å². The van der Waals surface area contributed by atoms with E-state index in [2.05, 4.69) is 0 Å². The van der Waals surface area contributed by atoms with Crippen LogP contribution in [0.3, 0.4) is 0 Å². The molecule has 0 aliphatic rings. The molecule has 108 valence electrons. The maximum Gasteiger partial charge on any atom is 0.403 e. The van der Waals surface area contributed by atoms with E-state index in [0.717, 1.165) is 5.56 Å². The van der Waals surface area contributed by atoms with Crippen molar-refractivity contribution < 1.29 is 18.3 Å². The standard InChI is InChI=1S/C14H20F3NO/c1-13(2,3)10-6-4-9(5-7-10)11(19)8-12(18)14(15,16)17/h4-7,11-12,19H,8,18H2,1-3H3/t11-,12-/m1/s1. The van der Waals surface area contributed by atoms with Crippen molar-refractivity contribution in [1.29, 1.82) is 0 Å².